The zero-order chi connectivity index (χ0) is 18.3. The summed E-state index contributed by atoms with van der Waals surface area (Å²) in [6.07, 6.45) is 0. The van der Waals surface area contributed by atoms with Gasteiger partial charge in [-0.05, 0) is 31.2 Å². The Morgan fingerprint density at radius 1 is 0.920 bits per heavy atom. The van der Waals surface area contributed by atoms with Gasteiger partial charge in [-0.25, -0.2) is 17.9 Å². The Morgan fingerprint density at radius 2 is 1.56 bits per heavy atom. The molecule has 0 fully saturated rings. The van der Waals surface area contributed by atoms with E-state index in [0.717, 1.165) is 5.56 Å². The fourth-order valence-electron chi connectivity index (χ4n) is 1.97. The number of rotatable bonds is 6. The molecular weight excluding hydrogens is 342 g/mol. The van der Waals surface area contributed by atoms with Crippen LogP contribution in [-0.2, 0) is 10.0 Å². The maximum absolute atomic E-state index is 12.1. The van der Waals surface area contributed by atoms with E-state index in [1.54, 1.807) is 42.5 Å². The van der Waals surface area contributed by atoms with Crippen LogP contribution in [-0.4, -0.2) is 33.4 Å². The van der Waals surface area contributed by atoms with Crippen molar-refractivity contribution in [2.24, 2.45) is 0 Å². The minimum absolute atomic E-state index is 0.00313. The van der Waals surface area contributed by atoms with Gasteiger partial charge in [-0.1, -0.05) is 35.9 Å². The molecule has 0 aromatic heterocycles. The lowest BCUT2D eigenvalue weighted by atomic mass is 10.2. The van der Waals surface area contributed by atoms with Crippen LogP contribution in [0.1, 0.15) is 15.9 Å². The Balaban J connectivity index is 1.76. The van der Waals surface area contributed by atoms with E-state index in [1.807, 2.05) is 6.92 Å². The summed E-state index contributed by atoms with van der Waals surface area (Å²) in [5.74, 6) is -0.529. The number of amides is 3. The van der Waals surface area contributed by atoms with Crippen LogP contribution < -0.4 is 15.4 Å². The number of nitrogens with one attached hydrogen (secondary N) is 3. The molecule has 0 aliphatic heterocycles. The van der Waals surface area contributed by atoms with Gasteiger partial charge in [0.15, 0.2) is 0 Å². The first kappa shape index (κ1) is 18.6. The standard InChI is InChI=1S/C17H19N3O4S/c1-13-7-9-15(10-8-13)25(23,24)19-12-11-18-17(22)20-16(21)14-5-3-2-4-6-14/h2-10,19H,11-12H2,1H3,(H2,18,20,21,22). The van der Waals surface area contributed by atoms with Crippen LogP contribution in [0.5, 0.6) is 0 Å². The Kier molecular flexibility index (Phi) is 6.26. The maximum Gasteiger partial charge on any atom is 0.321 e. The zero-order valence-electron chi connectivity index (χ0n) is 13.7. The van der Waals surface area contributed by atoms with Crippen LogP contribution in [0.15, 0.2) is 59.5 Å². The van der Waals surface area contributed by atoms with Crippen molar-refractivity contribution in [3.05, 3.63) is 65.7 Å². The number of aryl methyl sites for hydroxylation is 1. The maximum atomic E-state index is 12.1. The van der Waals surface area contributed by atoms with Crippen LogP contribution in [0.2, 0.25) is 0 Å². The lowest BCUT2D eigenvalue weighted by Gasteiger charge is -2.09. The van der Waals surface area contributed by atoms with Crippen LogP contribution >= 0.6 is 0 Å². The van der Waals surface area contributed by atoms with Crippen molar-refractivity contribution in [1.82, 2.24) is 15.4 Å². The Morgan fingerprint density at radius 3 is 2.20 bits per heavy atom. The number of urea groups is 1. The van der Waals surface area contributed by atoms with E-state index < -0.39 is 22.0 Å². The summed E-state index contributed by atoms with van der Waals surface area (Å²) in [7, 11) is -3.63. The van der Waals surface area contributed by atoms with E-state index in [4.69, 9.17) is 0 Å². The summed E-state index contributed by atoms with van der Waals surface area (Å²) in [5.41, 5.74) is 1.32. The highest BCUT2D eigenvalue weighted by molar-refractivity contribution is 7.89. The minimum Gasteiger partial charge on any atom is -0.336 e. The van der Waals surface area contributed by atoms with Crippen LogP contribution in [0.4, 0.5) is 4.79 Å². The summed E-state index contributed by atoms with van der Waals surface area (Å²) < 4.78 is 26.5. The van der Waals surface area contributed by atoms with Gasteiger partial charge in [-0.3, -0.25) is 10.1 Å². The SMILES string of the molecule is Cc1ccc(S(=O)(=O)NCCNC(=O)NC(=O)c2ccccc2)cc1. The van der Waals surface area contributed by atoms with Crippen molar-refractivity contribution < 1.29 is 18.0 Å². The molecule has 25 heavy (non-hydrogen) atoms. The molecule has 0 heterocycles. The first-order valence-electron chi connectivity index (χ1n) is 7.59. The lowest BCUT2D eigenvalue weighted by molar-refractivity contribution is 0.0964. The molecule has 0 atom stereocenters. The second-order valence-corrected chi connectivity index (χ2v) is 7.05. The number of carbonyl (C=O) groups excluding carboxylic acids is 2. The van der Waals surface area contributed by atoms with E-state index in [-0.39, 0.29) is 18.0 Å². The smallest absolute Gasteiger partial charge is 0.321 e. The van der Waals surface area contributed by atoms with Gasteiger partial charge < -0.3 is 5.32 Å². The molecule has 2 aromatic carbocycles. The quantitative estimate of drug-likeness (QED) is 0.677. The fourth-order valence-corrected chi connectivity index (χ4v) is 3.00. The van der Waals surface area contributed by atoms with Crippen molar-refractivity contribution in [1.29, 1.82) is 0 Å². The average molecular weight is 361 g/mol. The molecule has 2 aromatic rings. The van der Waals surface area contributed by atoms with E-state index in [2.05, 4.69) is 15.4 Å². The van der Waals surface area contributed by atoms with E-state index >= 15 is 0 Å². The molecule has 0 aliphatic rings. The van der Waals surface area contributed by atoms with Crippen molar-refractivity contribution in [2.75, 3.05) is 13.1 Å². The van der Waals surface area contributed by atoms with Crippen molar-refractivity contribution in [2.45, 2.75) is 11.8 Å². The highest BCUT2D eigenvalue weighted by Crippen LogP contribution is 2.09. The molecule has 0 spiro atoms. The third-order valence-electron chi connectivity index (χ3n) is 3.30. The first-order chi connectivity index (χ1) is 11.9. The molecule has 0 radical (unpaired) electrons. The predicted molar refractivity (Wildman–Crippen MR) is 93.7 cm³/mol. The molecular formula is C17H19N3O4S. The molecule has 0 saturated heterocycles. The van der Waals surface area contributed by atoms with Crippen molar-refractivity contribution >= 4 is 22.0 Å². The van der Waals surface area contributed by atoms with Gasteiger partial charge in [0.25, 0.3) is 5.91 Å². The van der Waals surface area contributed by atoms with Gasteiger partial charge in [0.1, 0.15) is 0 Å². The Hall–Kier alpha value is -2.71. The molecule has 0 saturated carbocycles. The van der Waals surface area contributed by atoms with Gasteiger partial charge in [0.05, 0.1) is 4.90 Å². The summed E-state index contributed by atoms with van der Waals surface area (Å²) in [6, 6.07) is 14.0. The topological polar surface area (TPSA) is 104 Å². The number of sulfonamides is 1. The average Bonchev–Trinajstić information content (AvgIpc) is 2.60. The van der Waals surface area contributed by atoms with Gasteiger partial charge in [0, 0.05) is 18.7 Å². The summed E-state index contributed by atoms with van der Waals surface area (Å²) in [6.45, 7) is 1.91. The van der Waals surface area contributed by atoms with Crippen LogP contribution in [0.25, 0.3) is 0 Å². The molecule has 8 heteroatoms. The zero-order valence-corrected chi connectivity index (χ0v) is 14.5. The van der Waals surface area contributed by atoms with Crippen molar-refractivity contribution in [3.63, 3.8) is 0 Å². The number of benzene rings is 2. The van der Waals surface area contributed by atoms with Gasteiger partial charge in [-0.2, -0.15) is 0 Å². The van der Waals surface area contributed by atoms with Gasteiger partial charge in [-0.15, -0.1) is 0 Å². The van der Waals surface area contributed by atoms with E-state index in [9.17, 15) is 18.0 Å². The summed E-state index contributed by atoms with van der Waals surface area (Å²) in [4.78, 5) is 23.6. The molecule has 3 amide bonds. The number of hydrogen-bond donors (Lipinski definition) is 3. The highest BCUT2D eigenvalue weighted by Gasteiger charge is 2.13. The third-order valence-corrected chi connectivity index (χ3v) is 4.77. The summed E-state index contributed by atoms with van der Waals surface area (Å²) >= 11 is 0. The lowest BCUT2D eigenvalue weighted by Crippen LogP contribution is -2.42. The largest absolute Gasteiger partial charge is 0.336 e. The molecule has 0 bridgehead atoms. The van der Waals surface area contributed by atoms with Gasteiger partial charge >= 0.3 is 6.03 Å². The Bertz CT molecular complexity index is 834. The predicted octanol–water partition coefficient (Wildman–Crippen LogP) is 1.41. The molecule has 0 aliphatic carbocycles. The normalized spacial score (nSPS) is 10.9. The highest BCUT2D eigenvalue weighted by atomic mass is 32.2. The monoisotopic (exact) mass is 361 g/mol. The fraction of sp³-hybridized carbons (Fsp3) is 0.176. The summed E-state index contributed by atoms with van der Waals surface area (Å²) in [5, 5.41) is 4.58. The van der Waals surface area contributed by atoms with E-state index in [1.165, 1.54) is 12.1 Å². The van der Waals surface area contributed by atoms with Crippen LogP contribution in [0, 0.1) is 6.92 Å². The first-order valence-corrected chi connectivity index (χ1v) is 9.07. The molecule has 0 unspecified atom stereocenters. The Labute approximate surface area is 146 Å². The molecule has 132 valence electrons. The van der Waals surface area contributed by atoms with E-state index in [0.29, 0.717) is 5.56 Å². The van der Waals surface area contributed by atoms with Gasteiger partial charge in [0.2, 0.25) is 10.0 Å². The molecule has 2 rings (SSSR count). The second-order valence-electron chi connectivity index (χ2n) is 5.29. The third kappa shape index (κ3) is 5.70. The number of imide groups is 1. The number of hydrogen-bond acceptors (Lipinski definition) is 4. The minimum atomic E-state index is -3.63. The second kappa shape index (κ2) is 8.41. The molecule has 3 N–H and O–H groups in total. The van der Waals surface area contributed by atoms with Crippen LogP contribution in [0.3, 0.4) is 0 Å². The van der Waals surface area contributed by atoms with Crippen molar-refractivity contribution in [3.8, 4) is 0 Å². The number of carbonyl (C=O) groups is 2. The molecule has 7 nitrogen and oxygen atoms in total.